The van der Waals surface area contributed by atoms with E-state index in [4.69, 9.17) is 4.42 Å². The van der Waals surface area contributed by atoms with E-state index in [2.05, 4.69) is 48.6 Å². The van der Waals surface area contributed by atoms with Crippen LogP contribution in [0.3, 0.4) is 0 Å². The fourth-order valence-corrected chi connectivity index (χ4v) is 2.43. The molecule has 1 N–H and O–H groups in total. The standard InChI is InChI=1S/C18H19NO/c1-2-11-19-13-15-8-3-5-9-16(15)18-12-14-7-4-6-10-17(14)20-18/h3-10,12,19H,2,11,13H2,1H3. The Bertz CT molecular complexity index is 666. The van der Waals surface area contributed by atoms with Crippen molar-refractivity contribution in [2.45, 2.75) is 19.9 Å². The minimum atomic E-state index is 0.876. The van der Waals surface area contributed by atoms with E-state index in [1.165, 1.54) is 11.1 Å². The van der Waals surface area contributed by atoms with Crippen LogP contribution in [-0.4, -0.2) is 6.54 Å². The van der Waals surface area contributed by atoms with E-state index in [-0.39, 0.29) is 0 Å². The first-order valence-corrected chi connectivity index (χ1v) is 7.16. The first kappa shape index (κ1) is 12.9. The van der Waals surface area contributed by atoms with Crippen molar-refractivity contribution in [2.24, 2.45) is 0 Å². The van der Waals surface area contributed by atoms with Crippen LogP contribution in [0, 0.1) is 0 Å². The molecule has 0 aliphatic heterocycles. The molecule has 0 saturated carbocycles. The zero-order valence-electron chi connectivity index (χ0n) is 11.7. The maximum atomic E-state index is 5.97. The van der Waals surface area contributed by atoms with Gasteiger partial charge >= 0.3 is 0 Å². The summed E-state index contributed by atoms with van der Waals surface area (Å²) in [7, 11) is 0. The molecule has 3 rings (SSSR count). The minimum absolute atomic E-state index is 0.876. The average molecular weight is 265 g/mol. The predicted octanol–water partition coefficient (Wildman–Crippen LogP) is 4.60. The van der Waals surface area contributed by atoms with Crippen LogP contribution in [0.25, 0.3) is 22.3 Å². The number of benzene rings is 2. The second-order valence-electron chi connectivity index (χ2n) is 4.98. The van der Waals surface area contributed by atoms with Gasteiger partial charge in [-0.25, -0.2) is 0 Å². The summed E-state index contributed by atoms with van der Waals surface area (Å²) >= 11 is 0. The Balaban J connectivity index is 1.96. The summed E-state index contributed by atoms with van der Waals surface area (Å²) in [5, 5.41) is 4.61. The Kier molecular flexibility index (Phi) is 3.84. The summed E-state index contributed by atoms with van der Waals surface area (Å²) in [6.45, 7) is 4.09. The van der Waals surface area contributed by atoms with E-state index in [9.17, 15) is 0 Å². The molecule has 2 heteroatoms. The van der Waals surface area contributed by atoms with Crippen LogP contribution in [-0.2, 0) is 6.54 Å². The molecule has 0 radical (unpaired) electrons. The highest BCUT2D eigenvalue weighted by molar-refractivity contribution is 5.83. The van der Waals surface area contributed by atoms with Gasteiger partial charge in [-0.15, -0.1) is 0 Å². The van der Waals surface area contributed by atoms with Crippen LogP contribution in [0.5, 0.6) is 0 Å². The maximum Gasteiger partial charge on any atom is 0.135 e. The van der Waals surface area contributed by atoms with Gasteiger partial charge in [0.05, 0.1) is 0 Å². The molecule has 0 bridgehead atoms. The van der Waals surface area contributed by atoms with Crippen LogP contribution in [0.15, 0.2) is 59.0 Å². The Morgan fingerprint density at radius 2 is 1.80 bits per heavy atom. The van der Waals surface area contributed by atoms with Crippen molar-refractivity contribution in [3.63, 3.8) is 0 Å². The summed E-state index contributed by atoms with van der Waals surface area (Å²) < 4.78 is 5.97. The van der Waals surface area contributed by atoms with Crippen LogP contribution < -0.4 is 5.32 Å². The van der Waals surface area contributed by atoms with Crippen molar-refractivity contribution in [3.8, 4) is 11.3 Å². The highest BCUT2D eigenvalue weighted by Crippen LogP contribution is 2.29. The molecule has 20 heavy (non-hydrogen) atoms. The number of fused-ring (bicyclic) bond motifs is 1. The van der Waals surface area contributed by atoms with Gasteiger partial charge in [0.1, 0.15) is 11.3 Å². The second kappa shape index (κ2) is 5.93. The molecular weight excluding hydrogens is 246 g/mol. The third-order valence-electron chi connectivity index (χ3n) is 3.45. The molecule has 0 spiro atoms. The van der Waals surface area contributed by atoms with Gasteiger partial charge in [0, 0.05) is 17.5 Å². The fourth-order valence-electron chi connectivity index (χ4n) is 2.43. The SMILES string of the molecule is CCCNCc1ccccc1-c1cc2ccccc2o1. The van der Waals surface area contributed by atoms with E-state index in [0.717, 1.165) is 36.2 Å². The first-order chi connectivity index (χ1) is 9.88. The zero-order valence-corrected chi connectivity index (χ0v) is 11.7. The predicted molar refractivity (Wildman–Crippen MR) is 83.6 cm³/mol. The second-order valence-corrected chi connectivity index (χ2v) is 4.98. The molecule has 1 aromatic heterocycles. The highest BCUT2D eigenvalue weighted by Gasteiger charge is 2.09. The van der Waals surface area contributed by atoms with Gasteiger partial charge in [0.2, 0.25) is 0 Å². The van der Waals surface area contributed by atoms with Crippen molar-refractivity contribution in [3.05, 3.63) is 60.2 Å². The lowest BCUT2D eigenvalue weighted by Gasteiger charge is -2.08. The molecular formula is C18H19NO. The molecule has 2 aromatic carbocycles. The molecule has 0 atom stereocenters. The largest absolute Gasteiger partial charge is 0.456 e. The Hall–Kier alpha value is -2.06. The Labute approximate surface area is 119 Å². The summed E-state index contributed by atoms with van der Waals surface area (Å²) in [5.74, 6) is 0.945. The lowest BCUT2D eigenvalue weighted by atomic mass is 10.0. The Morgan fingerprint density at radius 1 is 1.00 bits per heavy atom. The number of furan rings is 1. The summed E-state index contributed by atoms with van der Waals surface area (Å²) in [5.41, 5.74) is 3.39. The van der Waals surface area contributed by atoms with Crippen molar-refractivity contribution >= 4 is 11.0 Å². The Morgan fingerprint density at radius 3 is 2.65 bits per heavy atom. The zero-order chi connectivity index (χ0) is 13.8. The molecule has 0 fully saturated rings. The summed E-state index contributed by atoms with van der Waals surface area (Å²) in [4.78, 5) is 0. The average Bonchev–Trinajstić information content (AvgIpc) is 2.92. The topological polar surface area (TPSA) is 25.2 Å². The van der Waals surface area contributed by atoms with E-state index >= 15 is 0 Å². The van der Waals surface area contributed by atoms with Gasteiger partial charge in [0.25, 0.3) is 0 Å². The molecule has 0 saturated heterocycles. The van der Waals surface area contributed by atoms with Gasteiger partial charge in [-0.3, -0.25) is 0 Å². The number of hydrogen-bond acceptors (Lipinski definition) is 2. The molecule has 102 valence electrons. The van der Waals surface area contributed by atoms with E-state index in [1.54, 1.807) is 0 Å². The summed E-state index contributed by atoms with van der Waals surface area (Å²) in [6, 6.07) is 18.7. The van der Waals surface area contributed by atoms with E-state index in [0.29, 0.717) is 0 Å². The molecule has 2 nitrogen and oxygen atoms in total. The third-order valence-corrected chi connectivity index (χ3v) is 3.45. The summed E-state index contributed by atoms with van der Waals surface area (Å²) in [6.07, 6.45) is 1.15. The number of rotatable bonds is 5. The lowest BCUT2D eigenvalue weighted by molar-refractivity contribution is 0.627. The van der Waals surface area contributed by atoms with Crippen LogP contribution >= 0.6 is 0 Å². The quantitative estimate of drug-likeness (QED) is 0.682. The van der Waals surface area contributed by atoms with Crippen molar-refractivity contribution in [2.75, 3.05) is 6.54 Å². The van der Waals surface area contributed by atoms with Crippen molar-refractivity contribution < 1.29 is 4.42 Å². The van der Waals surface area contributed by atoms with Gasteiger partial charge in [-0.05, 0) is 30.7 Å². The van der Waals surface area contributed by atoms with E-state index < -0.39 is 0 Å². The van der Waals surface area contributed by atoms with Crippen LogP contribution in [0.2, 0.25) is 0 Å². The fraction of sp³-hybridized carbons (Fsp3) is 0.222. The van der Waals surface area contributed by atoms with Crippen LogP contribution in [0.4, 0.5) is 0 Å². The number of para-hydroxylation sites is 1. The lowest BCUT2D eigenvalue weighted by Crippen LogP contribution is -2.14. The van der Waals surface area contributed by atoms with E-state index in [1.807, 2.05) is 18.2 Å². The molecule has 0 aliphatic rings. The monoisotopic (exact) mass is 265 g/mol. The molecule has 3 aromatic rings. The normalized spacial score (nSPS) is 11.1. The van der Waals surface area contributed by atoms with Gasteiger partial charge in [-0.2, -0.15) is 0 Å². The number of nitrogens with one attached hydrogen (secondary N) is 1. The van der Waals surface area contributed by atoms with Crippen LogP contribution in [0.1, 0.15) is 18.9 Å². The number of hydrogen-bond donors (Lipinski definition) is 1. The van der Waals surface area contributed by atoms with Crippen molar-refractivity contribution in [1.82, 2.24) is 5.32 Å². The van der Waals surface area contributed by atoms with Gasteiger partial charge < -0.3 is 9.73 Å². The third kappa shape index (κ3) is 2.61. The molecule has 0 amide bonds. The smallest absolute Gasteiger partial charge is 0.135 e. The first-order valence-electron chi connectivity index (χ1n) is 7.16. The van der Waals surface area contributed by atoms with Crippen molar-refractivity contribution in [1.29, 1.82) is 0 Å². The molecule has 1 heterocycles. The van der Waals surface area contributed by atoms with Gasteiger partial charge in [-0.1, -0.05) is 49.4 Å². The van der Waals surface area contributed by atoms with Gasteiger partial charge in [0.15, 0.2) is 0 Å². The minimum Gasteiger partial charge on any atom is -0.456 e. The maximum absolute atomic E-state index is 5.97. The molecule has 0 aliphatic carbocycles. The molecule has 0 unspecified atom stereocenters. The highest BCUT2D eigenvalue weighted by atomic mass is 16.3.